The average Bonchev–Trinajstić information content (AvgIpc) is 2.69. The van der Waals surface area contributed by atoms with Gasteiger partial charge in [0.05, 0.1) is 11.3 Å². The Hall–Kier alpha value is -2.34. The van der Waals surface area contributed by atoms with E-state index in [1.165, 1.54) is 12.1 Å². The van der Waals surface area contributed by atoms with Crippen molar-refractivity contribution in [2.45, 2.75) is 46.1 Å². The van der Waals surface area contributed by atoms with Crippen molar-refractivity contribution < 1.29 is 13.6 Å². The number of benzene rings is 1. The fourth-order valence-electron chi connectivity index (χ4n) is 3.73. The monoisotopic (exact) mass is 401 g/mol. The van der Waals surface area contributed by atoms with Gasteiger partial charge in [-0.05, 0) is 57.0 Å². The van der Waals surface area contributed by atoms with Crippen molar-refractivity contribution in [2.24, 2.45) is 5.92 Å². The molecule has 29 heavy (non-hydrogen) atoms. The smallest absolute Gasteiger partial charge is 0.253 e. The minimum absolute atomic E-state index is 0.0722. The number of carbonyl (C=O) groups excluding carboxylic acids is 1. The number of hydrogen-bond donors (Lipinski definition) is 1. The highest BCUT2D eigenvalue weighted by Crippen LogP contribution is 2.30. The van der Waals surface area contributed by atoms with Crippen LogP contribution in [0.5, 0.6) is 0 Å². The molecule has 3 rings (SSSR count). The number of nitrogens with zero attached hydrogens (tertiary/aromatic N) is 2. The van der Waals surface area contributed by atoms with Crippen molar-refractivity contribution in [3.05, 3.63) is 64.5 Å². The normalized spacial score (nSPS) is 15.7. The number of hydrogen-bond acceptors (Lipinski definition) is 3. The Bertz CT molecular complexity index is 861. The lowest BCUT2D eigenvalue weighted by Crippen LogP contribution is -2.34. The predicted octanol–water partition coefficient (Wildman–Crippen LogP) is 4.43. The van der Waals surface area contributed by atoms with Gasteiger partial charge in [-0.15, -0.1) is 0 Å². The molecule has 2 heterocycles. The van der Waals surface area contributed by atoms with E-state index in [0.29, 0.717) is 30.1 Å². The van der Waals surface area contributed by atoms with E-state index in [2.05, 4.69) is 24.1 Å². The van der Waals surface area contributed by atoms with Crippen LogP contribution in [0.3, 0.4) is 0 Å². The Balaban J connectivity index is 1.67. The number of pyridine rings is 1. The van der Waals surface area contributed by atoms with E-state index >= 15 is 0 Å². The topological polar surface area (TPSA) is 45.2 Å². The van der Waals surface area contributed by atoms with Gasteiger partial charge in [-0.1, -0.05) is 19.9 Å². The molecule has 4 nitrogen and oxygen atoms in total. The molecule has 0 atom stereocenters. The Morgan fingerprint density at radius 1 is 1.21 bits per heavy atom. The minimum atomic E-state index is -0.557. The highest BCUT2D eigenvalue weighted by molar-refractivity contribution is 5.95. The zero-order valence-corrected chi connectivity index (χ0v) is 17.3. The molecule has 2 aromatic rings. The summed E-state index contributed by atoms with van der Waals surface area (Å²) >= 11 is 0. The van der Waals surface area contributed by atoms with Crippen molar-refractivity contribution in [2.75, 3.05) is 19.6 Å². The maximum atomic E-state index is 13.9. The summed E-state index contributed by atoms with van der Waals surface area (Å²) in [6.45, 7) is 8.72. The second-order valence-electron chi connectivity index (χ2n) is 8.28. The van der Waals surface area contributed by atoms with Crippen LogP contribution in [0.25, 0.3) is 0 Å². The second-order valence-corrected chi connectivity index (χ2v) is 8.28. The van der Waals surface area contributed by atoms with Gasteiger partial charge in [-0.25, -0.2) is 8.78 Å². The lowest BCUT2D eigenvalue weighted by atomic mass is 9.89. The Morgan fingerprint density at radius 3 is 2.59 bits per heavy atom. The molecule has 1 aliphatic rings. The standard InChI is InChI=1S/C23H29F2N3O/c1-15(2)13-26-23(29)20-7-4-16(3)27-22(20)17-8-10-28(11-9-17)14-18-5-6-19(24)12-21(18)25/h4-7,12,15,17H,8-11,13-14H2,1-3H3,(H,26,29). The van der Waals surface area contributed by atoms with E-state index in [-0.39, 0.29) is 11.8 Å². The molecule has 1 aliphatic heterocycles. The molecule has 0 aliphatic carbocycles. The van der Waals surface area contributed by atoms with Gasteiger partial charge in [-0.3, -0.25) is 14.7 Å². The summed E-state index contributed by atoms with van der Waals surface area (Å²) in [6.07, 6.45) is 1.70. The van der Waals surface area contributed by atoms with E-state index in [1.807, 2.05) is 19.1 Å². The lowest BCUT2D eigenvalue weighted by molar-refractivity contribution is 0.0946. The molecule has 0 spiro atoms. The first-order valence-corrected chi connectivity index (χ1v) is 10.3. The van der Waals surface area contributed by atoms with E-state index < -0.39 is 11.6 Å². The van der Waals surface area contributed by atoms with Crippen LogP contribution in [-0.4, -0.2) is 35.4 Å². The van der Waals surface area contributed by atoms with Crippen LogP contribution in [-0.2, 0) is 6.54 Å². The van der Waals surface area contributed by atoms with Crippen molar-refractivity contribution in [1.82, 2.24) is 15.2 Å². The average molecular weight is 402 g/mol. The molecule has 1 aromatic heterocycles. The Morgan fingerprint density at radius 2 is 1.93 bits per heavy atom. The van der Waals surface area contributed by atoms with Gasteiger partial charge in [0.25, 0.3) is 5.91 Å². The van der Waals surface area contributed by atoms with Gasteiger partial charge >= 0.3 is 0 Å². The molecule has 1 aromatic carbocycles. The lowest BCUT2D eigenvalue weighted by Gasteiger charge is -2.32. The van der Waals surface area contributed by atoms with Crippen molar-refractivity contribution in [3.63, 3.8) is 0 Å². The summed E-state index contributed by atoms with van der Waals surface area (Å²) in [6, 6.07) is 7.48. The predicted molar refractivity (Wildman–Crippen MR) is 110 cm³/mol. The number of aryl methyl sites for hydroxylation is 1. The van der Waals surface area contributed by atoms with Crippen LogP contribution in [0.2, 0.25) is 0 Å². The SMILES string of the molecule is Cc1ccc(C(=O)NCC(C)C)c(C2CCN(Cc3ccc(F)cc3F)CC2)n1. The van der Waals surface area contributed by atoms with Crippen molar-refractivity contribution >= 4 is 5.91 Å². The molecule has 0 bridgehead atoms. The molecular formula is C23H29F2N3O. The third-order valence-electron chi connectivity index (χ3n) is 5.36. The number of rotatable bonds is 6. The number of aromatic nitrogens is 1. The van der Waals surface area contributed by atoms with E-state index in [0.717, 1.165) is 43.4 Å². The number of halogens is 2. The van der Waals surface area contributed by atoms with Crippen LogP contribution in [0.4, 0.5) is 8.78 Å². The number of carbonyl (C=O) groups is 1. The summed E-state index contributed by atoms with van der Waals surface area (Å²) in [5, 5.41) is 2.99. The van der Waals surface area contributed by atoms with Crippen LogP contribution in [0, 0.1) is 24.5 Å². The molecular weight excluding hydrogens is 372 g/mol. The van der Waals surface area contributed by atoms with Crippen molar-refractivity contribution in [3.8, 4) is 0 Å². The minimum Gasteiger partial charge on any atom is -0.352 e. The highest BCUT2D eigenvalue weighted by atomic mass is 19.1. The molecule has 0 unspecified atom stereocenters. The number of likely N-dealkylation sites (tertiary alicyclic amines) is 1. The first kappa shape index (κ1) is 21.4. The molecule has 0 saturated carbocycles. The molecule has 1 N–H and O–H groups in total. The third-order valence-corrected chi connectivity index (χ3v) is 5.36. The molecule has 0 radical (unpaired) electrons. The van der Waals surface area contributed by atoms with Gasteiger partial charge in [0.1, 0.15) is 11.6 Å². The summed E-state index contributed by atoms with van der Waals surface area (Å²) in [7, 11) is 0. The number of nitrogens with one attached hydrogen (secondary N) is 1. The number of amides is 1. The summed E-state index contributed by atoms with van der Waals surface area (Å²) < 4.78 is 27.0. The second kappa shape index (κ2) is 9.44. The summed E-state index contributed by atoms with van der Waals surface area (Å²) in [5.41, 5.74) is 2.92. The van der Waals surface area contributed by atoms with E-state index in [1.54, 1.807) is 0 Å². The van der Waals surface area contributed by atoms with E-state index in [4.69, 9.17) is 4.98 Å². The van der Waals surface area contributed by atoms with Crippen LogP contribution >= 0.6 is 0 Å². The summed E-state index contributed by atoms with van der Waals surface area (Å²) in [4.78, 5) is 19.5. The molecule has 1 saturated heterocycles. The van der Waals surface area contributed by atoms with Gasteiger partial charge in [-0.2, -0.15) is 0 Å². The first-order valence-electron chi connectivity index (χ1n) is 10.3. The van der Waals surface area contributed by atoms with E-state index in [9.17, 15) is 13.6 Å². The largest absolute Gasteiger partial charge is 0.352 e. The first-order chi connectivity index (χ1) is 13.8. The number of piperidine rings is 1. The zero-order valence-electron chi connectivity index (χ0n) is 17.3. The molecule has 6 heteroatoms. The Labute approximate surface area is 171 Å². The van der Waals surface area contributed by atoms with Gasteiger partial charge in [0.15, 0.2) is 0 Å². The maximum absolute atomic E-state index is 13.9. The molecule has 156 valence electrons. The highest BCUT2D eigenvalue weighted by Gasteiger charge is 2.26. The Kier molecular flexibility index (Phi) is 6.96. The zero-order chi connectivity index (χ0) is 21.0. The van der Waals surface area contributed by atoms with Gasteiger partial charge < -0.3 is 5.32 Å². The van der Waals surface area contributed by atoms with Gasteiger partial charge in [0.2, 0.25) is 0 Å². The molecule has 1 amide bonds. The fraction of sp³-hybridized carbons (Fsp3) is 0.478. The van der Waals surface area contributed by atoms with Crippen LogP contribution in [0.15, 0.2) is 30.3 Å². The third kappa shape index (κ3) is 5.60. The quantitative estimate of drug-likeness (QED) is 0.779. The van der Waals surface area contributed by atoms with Crippen LogP contribution < -0.4 is 5.32 Å². The fourth-order valence-corrected chi connectivity index (χ4v) is 3.73. The van der Waals surface area contributed by atoms with Gasteiger partial charge in [0, 0.05) is 36.3 Å². The summed E-state index contributed by atoms with van der Waals surface area (Å²) in [5.74, 6) is -0.549. The molecule has 1 fully saturated rings. The van der Waals surface area contributed by atoms with Crippen molar-refractivity contribution in [1.29, 1.82) is 0 Å². The maximum Gasteiger partial charge on any atom is 0.253 e. The van der Waals surface area contributed by atoms with Crippen LogP contribution in [0.1, 0.15) is 59.9 Å².